The van der Waals surface area contributed by atoms with Crippen LogP contribution in [0.2, 0.25) is 0 Å². The van der Waals surface area contributed by atoms with Crippen molar-refractivity contribution < 1.29 is 19.4 Å². The Kier molecular flexibility index (Phi) is 5.57. The van der Waals surface area contributed by atoms with Crippen molar-refractivity contribution in [3.63, 3.8) is 0 Å². The average molecular weight is 347 g/mol. The summed E-state index contributed by atoms with van der Waals surface area (Å²) in [6.45, 7) is 9.45. The Morgan fingerprint density at radius 3 is 2.36 bits per heavy atom. The molecule has 3 unspecified atom stereocenters. The first kappa shape index (κ1) is 19.4. The van der Waals surface area contributed by atoms with E-state index in [4.69, 9.17) is 4.74 Å². The predicted octanol–water partition coefficient (Wildman–Crippen LogP) is 3.55. The summed E-state index contributed by atoms with van der Waals surface area (Å²) in [5, 5.41) is 13.2. The Balaban J connectivity index is 2.39. The largest absolute Gasteiger partial charge is 0.480 e. The van der Waals surface area contributed by atoms with Crippen molar-refractivity contribution in [2.75, 3.05) is 0 Å². The van der Waals surface area contributed by atoms with Gasteiger partial charge in [-0.05, 0) is 45.1 Å². The summed E-state index contributed by atoms with van der Waals surface area (Å²) in [6.07, 6.45) is 0.694. The highest BCUT2D eigenvalue weighted by Crippen LogP contribution is 2.42. The molecule has 1 aromatic rings. The maximum Gasteiger partial charge on any atom is 0.323 e. The van der Waals surface area contributed by atoms with Gasteiger partial charge >= 0.3 is 11.9 Å². The van der Waals surface area contributed by atoms with E-state index < -0.39 is 23.0 Å². The topological polar surface area (TPSA) is 75.6 Å². The maximum atomic E-state index is 12.8. The molecule has 3 atom stereocenters. The smallest absolute Gasteiger partial charge is 0.323 e. The molecule has 1 aliphatic heterocycles. The van der Waals surface area contributed by atoms with Gasteiger partial charge in [0, 0.05) is 6.04 Å². The molecule has 0 aliphatic carbocycles. The zero-order chi connectivity index (χ0) is 18.8. The number of ether oxygens (including phenoxy) is 1. The SMILES string of the molecule is CC(C)CC1(C(=O)O)CC(C(=O)OC(C)(C)C)C(c2ccccc2)N1. The molecule has 1 saturated heterocycles. The Morgan fingerprint density at radius 2 is 1.88 bits per heavy atom. The maximum absolute atomic E-state index is 12.8. The van der Waals surface area contributed by atoms with Crippen LogP contribution >= 0.6 is 0 Å². The van der Waals surface area contributed by atoms with E-state index in [1.54, 1.807) is 0 Å². The van der Waals surface area contributed by atoms with E-state index in [0.717, 1.165) is 5.56 Å². The second-order valence-electron chi connectivity index (χ2n) is 8.36. The van der Waals surface area contributed by atoms with E-state index >= 15 is 0 Å². The number of esters is 1. The second kappa shape index (κ2) is 7.16. The highest BCUT2D eigenvalue weighted by Gasteiger charge is 2.53. The molecular formula is C20H29NO4. The molecule has 2 rings (SSSR count). The van der Waals surface area contributed by atoms with E-state index in [9.17, 15) is 14.7 Å². The van der Waals surface area contributed by atoms with E-state index in [1.807, 2.05) is 65.0 Å². The summed E-state index contributed by atoms with van der Waals surface area (Å²) in [5.74, 6) is -1.59. The zero-order valence-electron chi connectivity index (χ0n) is 15.7. The molecule has 1 heterocycles. The number of carbonyl (C=O) groups excluding carboxylic acids is 1. The average Bonchev–Trinajstić information content (AvgIpc) is 2.87. The first-order chi connectivity index (χ1) is 11.5. The third kappa shape index (κ3) is 4.60. The molecular weight excluding hydrogens is 318 g/mol. The zero-order valence-corrected chi connectivity index (χ0v) is 15.7. The number of hydrogen-bond acceptors (Lipinski definition) is 4. The second-order valence-corrected chi connectivity index (χ2v) is 8.36. The quantitative estimate of drug-likeness (QED) is 0.797. The van der Waals surface area contributed by atoms with Crippen molar-refractivity contribution in [2.45, 2.75) is 64.6 Å². The lowest BCUT2D eigenvalue weighted by Gasteiger charge is -2.27. The third-order valence-electron chi connectivity index (χ3n) is 4.44. The Hall–Kier alpha value is -1.88. The van der Waals surface area contributed by atoms with Gasteiger partial charge in [-0.25, -0.2) is 0 Å². The van der Waals surface area contributed by atoms with Gasteiger partial charge in [0.15, 0.2) is 0 Å². The molecule has 25 heavy (non-hydrogen) atoms. The first-order valence-corrected chi connectivity index (χ1v) is 8.83. The fourth-order valence-corrected chi connectivity index (χ4v) is 3.60. The van der Waals surface area contributed by atoms with Gasteiger partial charge in [-0.15, -0.1) is 0 Å². The Bertz CT molecular complexity index is 620. The van der Waals surface area contributed by atoms with Crippen molar-refractivity contribution in [1.82, 2.24) is 5.32 Å². The van der Waals surface area contributed by atoms with E-state index in [1.165, 1.54) is 0 Å². The minimum atomic E-state index is -1.11. The lowest BCUT2D eigenvalue weighted by Crippen LogP contribution is -2.49. The summed E-state index contributed by atoms with van der Waals surface area (Å²) in [5.41, 5.74) is -0.814. The van der Waals surface area contributed by atoms with Gasteiger partial charge in [0.2, 0.25) is 0 Å². The van der Waals surface area contributed by atoms with Gasteiger partial charge in [-0.1, -0.05) is 44.2 Å². The lowest BCUT2D eigenvalue weighted by atomic mass is 9.84. The molecule has 1 aromatic carbocycles. The molecule has 0 amide bonds. The monoisotopic (exact) mass is 347 g/mol. The number of rotatable bonds is 5. The fourth-order valence-electron chi connectivity index (χ4n) is 3.60. The molecule has 5 nitrogen and oxygen atoms in total. The van der Waals surface area contributed by atoms with Crippen LogP contribution in [0.4, 0.5) is 0 Å². The molecule has 0 aromatic heterocycles. The van der Waals surface area contributed by atoms with Crippen LogP contribution in [0.5, 0.6) is 0 Å². The minimum Gasteiger partial charge on any atom is -0.480 e. The first-order valence-electron chi connectivity index (χ1n) is 8.83. The van der Waals surface area contributed by atoms with Gasteiger partial charge in [0.25, 0.3) is 0 Å². The van der Waals surface area contributed by atoms with Crippen LogP contribution in [-0.4, -0.2) is 28.2 Å². The van der Waals surface area contributed by atoms with Crippen molar-refractivity contribution in [3.8, 4) is 0 Å². The molecule has 1 fully saturated rings. The molecule has 0 spiro atoms. The summed E-state index contributed by atoms with van der Waals surface area (Å²) >= 11 is 0. The molecule has 1 aliphatic rings. The van der Waals surface area contributed by atoms with Gasteiger partial charge in [-0.3, -0.25) is 14.9 Å². The number of hydrogen-bond donors (Lipinski definition) is 2. The van der Waals surface area contributed by atoms with Crippen LogP contribution in [0.3, 0.4) is 0 Å². The third-order valence-corrected chi connectivity index (χ3v) is 4.44. The molecule has 0 saturated carbocycles. The van der Waals surface area contributed by atoms with Crippen LogP contribution in [0.1, 0.15) is 59.1 Å². The summed E-state index contributed by atoms with van der Waals surface area (Å²) in [6, 6.07) is 9.16. The van der Waals surface area contributed by atoms with Crippen LogP contribution < -0.4 is 5.32 Å². The minimum absolute atomic E-state index is 0.192. The van der Waals surface area contributed by atoms with Gasteiger partial charge in [-0.2, -0.15) is 0 Å². The van der Waals surface area contributed by atoms with E-state index in [0.29, 0.717) is 6.42 Å². The van der Waals surface area contributed by atoms with E-state index in [-0.39, 0.29) is 24.3 Å². The van der Waals surface area contributed by atoms with Crippen molar-refractivity contribution in [2.24, 2.45) is 11.8 Å². The van der Waals surface area contributed by atoms with Crippen molar-refractivity contribution in [3.05, 3.63) is 35.9 Å². The fraction of sp³-hybridized carbons (Fsp3) is 0.600. The number of aliphatic carboxylic acids is 1. The molecule has 2 N–H and O–H groups in total. The number of benzene rings is 1. The molecule has 0 radical (unpaired) electrons. The standard InChI is InChI=1S/C20H29NO4/c1-13(2)11-20(18(23)24)12-15(17(22)25-19(3,4)5)16(21-20)14-9-7-6-8-10-14/h6-10,13,15-16,21H,11-12H2,1-5H3,(H,23,24). The highest BCUT2D eigenvalue weighted by molar-refractivity contribution is 5.83. The summed E-state index contributed by atoms with van der Waals surface area (Å²) < 4.78 is 5.58. The summed E-state index contributed by atoms with van der Waals surface area (Å²) in [4.78, 5) is 24.9. The predicted molar refractivity (Wildman–Crippen MR) is 96.1 cm³/mol. The number of carboxylic acid groups (broad SMARTS) is 1. The van der Waals surface area contributed by atoms with Crippen LogP contribution in [0.25, 0.3) is 0 Å². The van der Waals surface area contributed by atoms with E-state index in [2.05, 4.69) is 5.32 Å². The van der Waals surface area contributed by atoms with Crippen molar-refractivity contribution in [1.29, 1.82) is 0 Å². The van der Waals surface area contributed by atoms with Crippen LogP contribution in [-0.2, 0) is 14.3 Å². The van der Waals surface area contributed by atoms with Gasteiger partial charge < -0.3 is 9.84 Å². The van der Waals surface area contributed by atoms with Gasteiger partial charge in [0.1, 0.15) is 11.1 Å². The molecule has 5 heteroatoms. The van der Waals surface area contributed by atoms with Gasteiger partial charge in [0.05, 0.1) is 5.92 Å². The number of nitrogens with one attached hydrogen (secondary N) is 1. The Labute approximate surface area is 149 Å². The molecule has 0 bridgehead atoms. The number of carboxylic acids is 1. The molecule has 138 valence electrons. The van der Waals surface area contributed by atoms with Crippen LogP contribution in [0.15, 0.2) is 30.3 Å². The highest BCUT2D eigenvalue weighted by atomic mass is 16.6. The number of carbonyl (C=O) groups is 2. The normalized spacial score (nSPS) is 26.6. The van der Waals surface area contributed by atoms with Crippen molar-refractivity contribution >= 4 is 11.9 Å². The summed E-state index contributed by atoms with van der Waals surface area (Å²) in [7, 11) is 0. The lowest BCUT2D eigenvalue weighted by molar-refractivity contribution is -0.160. The Morgan fingerprint density at radius 1 is 1.28 bits per heavy atom. The van der Waals surface area contributed by atoms with Crippen LogP contribution in [0, 0.1) is 11.8 Å².